The van der Waals surface area contributed by atoms with E-state index in [-0.39, 0.29) is 24.0 Å². The highest BCUT2D eigenvalue weighted by Crippen LogP contribution is 2.38. The van der Waals surface area contributed by atoms with Gasteiger partial charge in [0.2, 0.25) is 15.9 Å². The second-order valence-corrected chi connectivity index (χ2v) is 10.4. The van der Waals surface area contributed by atoms with Gasteiger partial charge in [-0.25, -0.2) is 23.3 Å². The molecular weight excluding hydrogens is 464 g/mol. The molecule has 3 aromatic rings. The lowest BCUT2D eigenvalue weighted by Gasteiger charge is -2.19. The van der Waals surface area contributed by atoms with Gasteiger partial charge in [0.05, 0.1) is 23.7 Å². The van der Waals surface area contributed by atoms with E-state index in [1.165, 1.54) is 17.4 Å². The lowest BCUT2D eigenvalue weighted by atomic mass is 10.1. The number of esters is 1. The smallest absolute Gasteiger partial charge is 0.350 e. The highest BCUT2D eigenvalue weighted by atomic mass is 32.2. The van der Waals surface area contributed by atoms with Crippen molar-refractivity contribution in [1.82, 2.24) is 4.98 Å². The number of ether oxygens (including phenoxy) is 1. The van der Waals surface area contributed by atoms with E-state index in [1.54, 1.807) is 19.1 Å². The lowest BCUT2D eigenvalue weighted by molar-refractivity contribution is -0.114. The Morgan fingerprint density at radius 1 is 1.27 bits per heavy atom. The summed E-state index contributed by atoms with van der Waals surface area (Å²) in [4.78, 5) is 33.0. The van der Waals surface area contributed by atoms with E-state index in [2.05, 4.69) is 10.3 Å². The van der Waals surface area contributed by atoms with Crippen LogP contribution in [0.3, 0.4) is 0 Å². The summed E-state index contributed by atoms with van der Waals surface area (Å²) in [6.45, 7) is 6.33. The molecule has 9 nitrogen and oxygen atoms in total. The molecule has 1 aliphatic heterocycles. The topological polar surface area (TPSA) is 132 Å². The summed E-state index contributed by atoms with van der Waals surface area (Å²) in [5.41, 5.74) is 3.74. The molecule has 0 fully saturated rings. The van der Waals surface area contributed by atoms with E-state index in [0.29, 0.717) is 28.4 Å². The van der Waals surface area contributed by atoms with E-state index < -0.39 is 16.0 Å². The summed E-state index contributed by atoms with van der Waals surface area (Å²) < 4.78 is 28.4. The molecule has 33 heavy (non-hydrogen) atoms. The minimum absolute atomic E-state index is 0.0413. The number of nitrogens with zero attached hydrogens (tertiary/aromatic N) is 2. The van der Waals surface area contributed by atoms with Crippen molar-refractivity contribution in [3.8, 4) is 0 Å². The fourth-order valence-electron chi connectivity index (χ4n) is 4.04. The number of nitrogens with one attached hydrogen (secondary N) is 1. The predicted molar refractivity (Wildman–Crippen MR) is 127 cm³/mol. The highest BCUT2D eigenvalue weighted by molar-refractivity contribution is 7.89. The van der Waals surface area contributed by atoms with Crippen molar-refractivity contribution in [3.05, 3.63) is 46.0 Å². The van der Waals surface area contributed by atoms with Crippen molar-refractivity contribution < 1.29 is 22.7 Å². The van der Waals surface area contributed by atoms with Gasteiger partial charge < -0.3 is 15.0 Å². The Morgan fingerprint density at radius 2 is 2.03 bits per heavy atom. The van der Waals surface area contributed by atoms with Gasteiger partial charge in [-0.1, -0.05) is 0 Å². The first kappa shape index (κ1) is 23.1. The molecule has 3 heterocycles. The average molecular weight is 489 g/mol. The Bertz CT molecular complexity index is 1380. The quantitative estimate of drug-likeness (QED) is 0.510. The molecule has 0 radical (unpaired) electrons. The molecule has 3 N–H and O–H groups in total. The first-order valence-electron chi connectivity index (χ1n) is 10.4. The van der Waals surface area contributed by atoms with Crippen LogP contribution in [-0.4, -0.2) is 45.0 Å². The van der Waals surface area contributed by atoms with Crippen LogP contribution in [0.4, 0.5) is 11.4 Å². The molecule has 0 saturated carbocycles. The van der Waals surface area contributed by atoms with Crippen molar-refractivity contribution in [3.63, 3.8) is 0 Å². The lowest BCUT2D eigenvalue weighted by Crippen LogP contribution is -2.32. The molecule has 0 saturated heterocycles. The number of anilines is 2. The number of thiophene rings is 1. The zero-order valence-corrected chi connectivity index (χ0v) is 20.1. The number of hydrogen-bond donors (Lipinski definition) is 2. The normalized spacial score (nSPS) is 13.3. The molecule has 0 spiro atoms. The molecule has 0 bridgehead atoms. The number of nitrogens with two attached hydrogens (primary N) is 1. The van der Waals surface area contributed by atoms with Crippen LogP contribution >= 0.6 is 11.3 Å². The molecule has 1 aromatic carbocycles. The average Bonchev–Trinajstić information content (AvgIpc) is 3.28. The molecule has 11 heteroatoms. The molecule has 1 aliphatic rings. The maximum atomic E-state index is 13.0. The number of pyridine rings is 1. The Labute approximate surface area is 195 Å². The van der Waals surface area contributed by atoms with Gasteiger partial charge in [0.25, 0.3) is 0 Å². The number of rotatable bonds is 6. The Kier molecular flexibility index (Phi) is 6.12. The Morgan fingerprint density at radius 3 is 2.73 bits per heavy atom. The van der Waals surface area contributed by atoms with Crippen LogP contribution in [0, 0.1) is 13.8 Å². The monoisotopic (exact) mass is 488 g/mol. The number of primary sulfonamides is 1. The van der Waals surface area contributed by atoms with Crippen LogP contribution in [0.1, 0.15) is 33.4 Å². The van der Waals surface area contributed by atoms with Crippen molar-refractivity contribution >= 4 is 54.8 Å². The predicted octanol–water partition coefficient (Wildman–Crippen LogP) is 2.74. The summed E-state index contributed by atoms with van der Waals surface area (Å²) in [7, 11) is -3.79. The number of sulfonamides is 1. The minimum atomic E-state index is -3.79. The highest BCUT2D eigenvalue weighted by Gasteiger charge is 2.26. The third-order valence-corrected chi connectivity index (χ3v) is 7.39. The van der Waals surface area contributed by atoms with Crippen LogP contribution in [-0.2, 0) is 26.0 Å². The van der Waals surface area contributed by atoms with E-state index in [1.807, 2.05) is 24.8 Å². The zero-order valence-electron chi connectivity index (χ0n) is 18.5. The van der Waals surface area contributed by atoms with Gasteiger partial charge in [0.1, 0.15) is 9.71 Å². The summed E-state index contributed by atoms with van der Waals surface area (Å²) in [6.07, 6.45) is 0.601. The molecule has 0 aliphatic carbocycles. The molecule has 1 amide bonds. The number of aromatic nitrogens is 1. The number of carbonyl (C=O) groups excluding carboxylic acids is 2. The van der Waals surface area contributed by atoms with E-state index in [0.717, 1.165) is 27.9 Å². The maximum Gasteiger partial charge on any atom is 0.350 e. The van der Waals surface area contributed by atoms with Gasteiger partial charge in [-0.15, -0.1) is 11.3 Å². The summed E-state index contributed by atoms with van der Waals surface area (Å²) in [6, 6.07) is 6.55. The van der Waals surface area contributed by atoms with Gasteiger partial charge in [-0.05, 0) is 62.6 Å². The first-order valence-corrected chi connectivity index (χ1v) is 12.7. The Balaban J connectivity index is 1.62. The van der Waals surface area contributed by atoms with E-state index in [4.69, 9.17) is 9.88 Å². The molecule has 174 valence electrons. The van der Waals surface area contributed by atoms with Gasteiger partial charge >= 0.3 is 5.97 Å². The van der Waals surface area contributed by atoms with Gasteiger partial charge in [0.15, 0.2) is 0 Å². The van der Waals surface area contributed by atoms with E-state index >= 15 is 0 Å². The fourth-order valence-corrected chi connectivity index (χ4v) is 5.75. The van der Waals surface area contributed by atoms with Crippen LogP contribution in [0.25, 0.3) is 10.2 Å². The summed E-state index contributed by atoms with van der Waals surface area (Å²) in [5, 5.41) is 8.84. The number of benzene rings is 1. The van der Waals surface area contributed by atoms with Gasteiger partial charge in [-0.3, -0.25) is 4.79 Å². The third-order valence-electron chi connectivity index (χ3n) is 5.42. The minimum Gasteiger partial charge on any atom is -0.462 e. The molecule has 4 rings (SSSR count). The standard InChI is InChI=1S/C22H24N4O5S2/c1-4-31-22(28)20-19(18-12(2)9-13(3)24-21(18)32-20)25-17(27)11-26-8-7-14-10-15(33(23,29)30)5-6-16(14)26/h5-6,9-10H,4,7-8,11H2,1-3H3,(H,25,27)(H2,23,29,30). The number of hydrogen-bond acceptors (Lipinski definition) is 8. The van der Waals surface area contributed by atoms with Crippen LogP contribution in [0.15, 0.2) is 29.2 Å². The number of fused-ring (bicyclic) bond motifs is 2. The molecule has 2 aromatic heterocycles. The first-order chi connectivity index (χ1) is 15.6. The fraction of sp³-hybridized carbons (Fsp3) is 0.318. The molecule has 0 unspecified atom stereocenters. The maximum absolute atomic E-state index is 13.0. The van der Waals surface area contributed by atoms with Crippen molar-refractivity contribution in [1.29, 1.82) is 0 Å². The number of carbonyl (C=O) groups is 2. The van der Waals surface area contributed by atoms with Crippen LogP contribution in [0.2, 0.25) is 0 Å². The van der Waals surface area contributed by atoms with Crippen LogP contribution < -0.4 is 15.4 Å². The third kappa shape index (κ3) is 4.56. The number of aryl methyl sites for hydroxylation is 2. The Hall–Kier alpha value is -3.02. The van der Waals surface area contributed by atoms with Crippen molar-refractivity contribution in [2.45, 2.75) is 32.1 Å². The largest absolute Gasteiger partial charge is 0.462 e. The molecule has 0 atom stereocenters. The van der Waals surface area contributed by atoms with Crippen molar-refractivity contribution in [2.24, 2.45) is 5.14 Å². The summed E-state index contributed by atoms with van der Waals surface area (Å²) in [5.74, 6) is -0.807. The second-order valence-electron chi connectivity index (χ2n) is 7.84. The van der Waals surface area contributed by atoms with Crippen LogP contribution in [0.5, 0.6) is 0 Å². The van der Waals surface area contributed by atoms with Crippen molar-refractivity contribution in [2.75, 3.05) is 29.9 Å². The molecular formula is C22H24N4O5S2. The zero-order chi connectivity index (χ0) is 23.9. The van der Waals surface area contributed by atoms with Gasteiger partial charge in [-0.2, -0.15) is 0 Å². The van der Waals surface area contributed by atoms with E-state index in [9.17, 15) is 18.0 Å². The van der Waals surface area contributed by atoms with Gasteiger partial charge in [0, 0.05) is 23.3 Å². The second kappa shape index (κ2) is 8.73. The number of amides is 1. The SMILES string of the molecule is CCOC(=O)c1sc2nc(C)cc(C)c2c1NC(=O)CN1CCc2cc(S(N)(=O)=O)ccc21. The summed E-state index contributed by atoms with van der Waals surface area (Å²) >= 11 is 1.19.